The van der Waals surface area contributed by atoms with Crippen LogP contribution in [0.3, 0.4) is 0 Å². The topological polar surface area (TPSA) is 41.1 Å². The molecule has 110 valence electrons. The van der Waals surface area contributed by atoms with E-state index in [-0.39, 0.29) is 23.8 Å². The summed E-state index contributed by atoms with van der Waals surface area (Å²) in [6.45, 7) is 0.291. The zero-order valence-corrected chi connectivity index (χ0v) is 11.0. The van der Waals surface area contributed by atoms with E-state index in [1.54, 1.807) is 12.1 Å². The highest BCUT2D eigenvalue weighted by Gasteiger charge is 2.06. The zero-order chi connectivity index (χ0) is 15.2. The Morgan fingerprint density at radius 2 is 1.76 bits per heavy atom. The summed E-state index contributed by atoms with van der Waals surface area (Å²) in [5, 5.41) is 5.34. The molecule has 2 rings (SSSR count). The van der Waals surface area contributed by atoms with E-state index in [1.807, 2.05) is 0 Å². The first-order valence-electron chi connectivity index (χ1n) is 6.29. The maximum absolute atomic E-state index is 13.0. The summed E-state index contributed by atoms with van der Waals surface area (Å²) in [7, 11) is 0. The van der Waals surface area contributed by atoms with Crippen molar-refractivity contribution in [1.82, 2.24) is 0 Å². The molecule has 2 aromatic carbocycles. The second kappa shape index (κ2) is 6.78. The highest BCUT2D eigenvalue weighted by Crippen LogP contribution is 2.13. The monoisotopic (exact) mass is 294 g/mol. The fraction of sp³-hybridized carbons (Fsp3) is 0.133. The number of carbonyl (C=O) groups is 1. The number of amides is 1. The molecule has 0 radical (unpaired) electrons. The van der Waals surface area contributed by atoms with E-state index in [1.165, 1.54) is 18.2 Å². The minimum Gasteiger partial charge on any atom is -0.384 e. The summed E-state index contributed by atoms with van der Waals surface area (Å²) in [5.74, 6) is -2.72. The van der Waals surface area contributed by atoms with E-state index < -0.39 is 11.6 Å². The molecule has 2 aromatic rings. The molecule has 0 saturated heterocycles. The molecule has 6 heteroatoms. The van der Waals surface area contributed by atoms with E-state index in [0.717, 1.165) is 12.1 Å². The SMILES string of the molecule is O=C(CCNc1cccc(F)c1)Nc1ccc(F)c(F)c1. The van der Waals surface area contributed by atoms with Crippen molar-refractivity contribution in [3.05, 3.63) is 59.9 Å². The normalized spacial score (nSPS) is 10.2. The predicted octanol–water partition coefficient (Wildman–Crippen LogP) is 3.54. The lowest BCUT2D eigenvalue weighted by Crippen LogP contribution is -2.16. The van der Waals surface area contributed by atoms with Gasteiger partial charge in [0.1, 0.15) is 5.82 Å². The van der Waals surface area contributed by atoms with E-state index in [0.29, 0.717) is 12.2 Å². The van der Waals surface area contributed by atoms with Crippen LogP contribution in [0.15, 0.2) is 42.5 Å². The molecule has 0 aliphatic rings. The number of hydrogen-bond acceptors (Lipinski definition) is 2. The van der Waals surface area contributed by atoms with Gasteiger partial charge < -0.3 is 10.6 Å². The Morgan fingerprint density at radius 3 is 2.48 bits per heavy atom. The van der Waals surface area contributed by atoms with Crippen molar-refractivity contribution in [3.63, 3.8) is 0 Å². The molecule has 21 heavy (non-hydrogen) atoms. The van der Waals surface area contributed by atoms with Crippen molar-refractivity contribution in [1.29, 1.82) is 0 Å². The van der Waals surface area contributed by atoms with E-state index in [2.05, 4.69) is 10.6 Å². The van der Waals surface area contributed by atoms with E-state index in [9.17, 15) is 18.0 Å². The molecule has 0 atom stereocenters. The van der Waals surface area contributed by atoms with Crippen LogP contribution in [-0.2, 0) is 4.79 Å². The molecule has 0 fully saturated rings. The van der Waals surface area contributed by atoms with E-state index >= 15 is 0 Å². The molecule has 0 aliphatic carbocycles. The minimum absolute atomic E-state index is 0.107. The van der Waals surface area contributed by atoms with Gasteiger partial charge in [-0.15, -0.1) is 0 Å². The Kier molecular flexibility index (Phi) is 4.81. The van der Waals surface area contributed by atoms with Crippen LogP contribution in [0.2, 0.25) is 0 Å². The molecule has 0 aromatic heterocycles. The van der Waals surface area contributed by atoms with Gasteiger partial charge in [0.2, 0.25) is 5.91 Å². The predicted molar refractivity (Wildman–Crippen MR) is 74.5 cm³/mol. The number of rotatable bonds is 5. The van der Waals surface area contributed by atoms with Gasteiger partial charge in [-0.1, -0.05) is 6.07 Å². The van der Waals surface area contributed by atoms with Gasteiger partial charge in [-0.3, -0.25) is 4.79 Å². The van der Waals surface area contributed by atoms with Crippen LogP contribution in [-0.4, -0.2) is 12.5 Å². The quantitative estimate of drug-likeness (QED) is 0.885. The Morgan fingerprint density at radius 1 is 0.952 bits per heavy atom. The number of hydrogen-bond donors (Lipinski definition) is 2. The zero-order valence-electron chi connectivity index (χ0n) is 11.0. The highest BCUT2D eigenvalue weighted by molar-refractivity contribution is 5.90. The van der Waals surface area contributed by atoms with Gasteiger partial charge >= 0.3 is 0 Å². The molecule has 0 saturated carbocycles. The number of nitrogens with one attached hydrogen (secondary N) is 2. The average Bonchev–Trinajstić information content (AvgIpc) is 2.43. The van der Waals surface area contributed by atoms with Gasteiger partial charge in [-0.05, 0) is 30.3 Å². The summed E-state index contributed by atoms with van der Waals surface area (Å²) in [4.78, 5) is 11.6. The number of benzene rings is 2. The summed E-state index contributed by atoms with van der Waals surface area (Å²) >= 11 is 0. The van der Waals surface area contributed by atoms with Gasteiger partial charge in [-0.25, -0.2) is 13.2 Å². The Balaban J connectivity index is 1.81. The van der Waals surface area contributed by atoms with Crippen LogP contribution in [0.5, 0.6) is 0 Å². The Labute approximate surface area is 119 Å². The summed E-state index contributed by atoms with van der Waals surface area (Å²) in [5.41, 5.74) is 0.750. The number of carbonyl (C=O) groups excluding carboxylic acids is 1. The lowest BCUT2D eigenvalue weighted by molar-refractivity contribution is -0.115. The standard InChI is InChI=1S/C15H13F3N2O/c16-10-2-1-3-11(8-10)19-7-6-15(21)20-12-4-5-13(17)14(18)9-12/h1-5,8-9,19H,6-7H2,(H,20,21). The van der Waals surface area contributed by atoms with Gasteiger partial charge in [0, 0.05) is 30.4 Å². The molecular formula is C15H13F3N2O. The molecule has 2 N–H and O–H groups in total. The van der Waals surface area contributed by atoms with Crippen molar-refractivity contribution in [2.75, 3.05) is 17.2 Å². The van der Waals surface area contributed by atoms with Crippen molar-refractivity contribution in [3.8, 4) is 0 Å². The Bertz CT molecular complexity index is 647. The maximum Gasteiger partial charge on any atom is 0.226 e. The van der Waals surface area contributed by atoms with Crippen LogP contribution < -0.4 is 10.6 Å². The maximum atomic E-state index is 13.0. The number of anilines is 2. The first-order chi connectivity index (χ1) is 10.0. The van der Waals surface area contributed by atoms with Gasteiger partial charge in [-0.2, -0.15) is 0 Å². The minimum atomic E-state index is -1.02. The summed E-state index contributed by atoms with van der Waals surface area (Å²) in [6.07, 6.45) is 0.107. The highest BCUT2D eigenvalue weighted by atomic mass is 19.2. The number of halogens is 3. The fourth-order valence-corrected chi connectivity index (χ4v) is 1.72. The smallest absolute Gasteiger partial charge is 0.226 e. The molecule has 1 amide bonds. The van der Waals surface area contributed by atoms with Gasteiger partial charge in [0.05, 0.1) is 0 Å². The van der Waals surface area contributed by atoms with Crippen molar-refractivity contribution < 1.29 is 18.0 Å². The molecule has 0 unspecified atom stereocenters. The third-order valence-electron chi connectivity index (χ3n) is 2.71. The van der Waals surface area contributed by atoms with Crippen LogP contribution in [0.1, 0.15) is 6.42 Å². The lowest BCUT2D eigenvalue weighted by atomic mass is 10.2. The summed E-state index contributed by atoms with van der Waals surface area (Å²) in [6, 6.07) is 8.99. The van der Waals surface area contributed by atoms with Crippen LogP contribution in [0, 0.1) is 17.5 Å². The third kappa shape index (κ3) is 4.52. The molecule has 0 bridgehead atoms. The van der Waals surface area contributed by atoms with Crippen molar-refractivity contribution in [2.24, 2.45) is 0 Å². The average molecular weight is 294 g/mol. The van der Waals surface area contributed by atoms with Gasteiger partial charge in [0.15, 0.2) is 11.6 Å². The Hall–Kier alpha value is -2.50. The largest absolute Gasteiger partial charge is 0.384 e. The second-order valence-corrected chi connectivity index (χ2v) is 4.36. The fourth-order valence-electron chi connectivity index (χ4n) is 1.72. The molecule has 0 spiro atoms. The lowest BCUT2D eigenvalue weighted by Gasteiger charge is -2.08. The summed E-state index contributed by atoms with van der Waals surface area (Å²) < 4.78 is 38.6. The van der Waals surface area contributed by atoms with Gasteiger partial charge in [0.25, 0.3) is 0 Å². The third-order valence-corrected chi connectivity index (χ3v) is 2.71. The molecular weight excluding hydrogens is 281 g/mol. The van der Waals surface area contributed by atoms with Crippen LogP contribution >= 0.6 is 0 Å². The van der Waals surface area contributed by atoms with Crippen molar-refractivity contribution in [2.45, 2.75) is 6.42 Å². The second-order valence-electron chi connectivity index (χ2n) is 4.36. The van der Waals surface area contributed by atoms with E-state index in [4.69, 9.17) is 0 Å². The molecule has 0 heterocycles. The molecule has 0 aliphatic heterocycles. The first kappa shape index (κ1) is 14.9. The molecule has 3 nitrogen and oxygen atoms in total. The van der Waals surface area contributed by atoms with Crippen LogP contribution in [0.4, 0.5) is 24.5 Å². The first-order valence-corrected chi connectivity index (χ1v) is 6.29. The van der Waals surface area contributed by atoms with Crippen molar-refractivity contribution >= 4 is 17.3 Å². The van der Waals surface area contributed by atoms with Crippen LogP contribution in [0.25, 0.3) is 0 Å².